The molecule has 1 fully saturated rings. The third kappa shape index (κ3) is 6.72. The molecule has 38 heavy (non-hydrogen) atoms. The van der Waals surface area contributed by atoms with Gasteiger partial charge in [0.25, 0.3) is 0 Å². The Morgan fingerprint density at radius 3 is 2.37 bits per heavy atom. The molecule has 0 aromatic heterocycles. The smallest absolute Gasteiger partial charge is 0.348 e. The lowest BCUT2D eigenvalue weighted by atomic mass is 9.79. The lowest BCUT2D eigenvalue weighted by Gasteiger charge is -2.41. The molecule has 0 spiro atoms. The van der Waals surface area contributed by atoms with E-state index in [1.54, 1.807) is 0 Å². The van der Waals surface area contributed by atoms with Crippen LogP contribution in [0.5, 0.6) is 23.0 Å². The molecule has 0 bridgehead atoms. The maximum Gasteiger partial charge on any atom is 0.348 e. The van der Waals surface area contributed by atoms with Gasteiger partial charge in [0.2, 0.25) is 5.60 Å². The highest BCUT2D eigenvalue weighted by Gasteiger charge is 2.54. The molecule has 1 aliphatic carbocycles. The van der Waals surface area contributed by atoms with Crippen LogP contribution in [0.4, 0.5) is 0 Å². The Bertz CT molecular complexity index is 1220. The first-order valence-electron chi connectivity index (χ1n) is 11.5. The Morgan fingerprint density at radius 2 is 1.71 bits per heavy atom. The average Bonchev–Trinajstić information content (AvgIpc) is 2.87. The van der Waals surface area contributed by atoms with Gasteiger partial charge in [-0.1, -0.05) is 12.1 Å². The fourth-order valence-corrected chi connectivity index (χ4v) is 4.04. The van der Waals surface area contributed by atoms with E-state index in [2.05, 4.69) is 0 Å². The van der Waals surface area contributed by atoms with Crippen LogP contribution in [-0.2, 0) is 30.3 Å². The van der Waals surface area contributed by atoms with E-state index in [4.69, 9.17) is 14.2 Å². The van der Waals surface area contributed by atoms with Crippen molar-refractivity contribution in [2.75, 3.05) is 7.11 Å². The van der Waals surface area contributed by atoms with Crippen molar-refractivity contribution in [2.45, 2.75) is 49.6 Å². The second-order valence-electron chi connectivity index (χ2n) is 8.80. The highest BCUT2D eigenvalue weighted by atomic mass is 16.6. The molecule has 2 aromatic rings. The highest BCUT2D eigenvalue weighted by molar-refractivity contribution is 5.90. The van der Waals surface area contributed by atoms with Gasteiger partial charge in [0, 0.05) is 25.3 Å². The molecule has 2 aromatic carbocycles. The molecular weight excluding hydrogens is 504 g/mol. The predicted molar refractivity (Wildman–Crippen MR) is 129 cm³/mol. The van der Waals surface area contributed by atoms with Gasteiger partial charge in [0.15, 0.2) is 23.0 Å². The largest absolute Gasteiger partial charge is 0.504 e. The van der Waals surface area contributed by atoms with E-state index in [-0.39, 0.29) is 35.8 Å². The Balaban J connectivity index is 1.68. The molecule has 0 heterocycles. The number of benzene rings is 2. The fraction of sp³-hybridized carbons (Fsp3) is 0.346. The van der Waals surface area contributed by atoms with Crippen LogP contribution in [0, 0.1) is 0 Å². The zero-order valence-electron chi connectivity index (χ0n) is 20.3. The first-order chi connectivity index (χ1) is 17.9. The zero-order valence-corrected chi connectivity index (χ0v) is 20.3. The van der Waals surface area contributed by atoms with E-state index in [0.29, 0.717) is 11.1 Å². The summed E-state index contributed by atoms with van der Waals surface area (Å²) in [6, 6.07) is 8.24. The van der Waals surface area contributed by atoms with Crippen molar-refractivity contribution < 1.29 is 59.2 Å². The SMILES string of the molecule is COc1cc(/C=C/C(=O)O[C@@]2(C(=O)O)C[C@@H](O)[C@@H](O)[C@H](OC(=O)CCc3ccc(O)c(O)c3)C2)ccc1O. The molecule has 4 atom stereocenters. The summed E-state index contributed by atoms with van der Waals surface area (Å²) in [6.07, 6.45) is -3.92. The number of carboxylic acid groups (broad SMARTS) is 1. The van der Waals surface area contributed by atoms with Crippen LogP contribution >= 0.6 is 0 Å². The molecule has 12 nitrogen and oxygen atoms in total. The minimum atomic E-state index is -2.29. The van der Waals surface area contributed by atoms with Gasteiger partial charge in [-0.2, -0.15) is 0 Å². The first-order valence-corrected chi connectivity index (χ1v) is 11.5. The summed E-state index contributed by atoms with van der Waals surface area (Å²) >= 11 is 0. The van der Waals surface area contributed by atoms with Crippen molar-refractivity contribution in [3.05, 3.63) is 53.6 Å². The van der Waals surface area contributed by atoms with Gasteiger partial charge in [0.1, 0.15) is 12.2 Å². The normalized spacial score (nSPS) is 23.1. The van der Waals surface area contributed by atoms with Gasteiger partial charge in [-0.05, 0) is 47.9 Å². The van der Waals surface area contributed by atoms with Crippen molar-refractivity contribution in [3.8, 4) is 23.0 Å². The fourth-order valence-electron chi connectivity index (χ4n) is 4.04. The number of aliphatic hydroxyl groups is 2. The number of aryl methyl sites for hydroxylation is 1. The number of phenolic OH excluding ortho intramolecular Hbond substituents is 3. The third-order valence-electron chi connectivity index (χ3n) is 6.09. The number of carbonyl (C=O) groups is 3. The lowest BCUT2D eigenvalue weighted by molar-refractivity contribution is -0.208. The van der Waals surface area contributed by atoms with Crippen LogP contribution in [0.15, 0.2) is 42.5 Å². The number of esters is 2. The molecule has 6 N–H and O–H groups in total. The topological polar surface area (TPSA) is 200 Å². The van der Waals surface area contributed by atoms with Crippen LogP contribution in [0.3, 0.4) is 0 Å². The minimum absolute atomic E-state index is 0.101. The quantitative estimate of drug-likeness (QED) is 0.154. The molecule has 0 unspecified atom stereocenters. The van der Waals surface area contributed by atoms with E-state index in [1.807, 2.05) is 0 Å². The molecule has 0 aliphatic heterocycles. The lowest BCUT2D eigenvalue weighted by Crippen LogP contribution is -2.58. The van der Waals surface area contributed by atoms with Gasteiger partial charge in [0.05, 0.1) is 13.2 Å². The number of methoxy groups -OCH3 is 1. The van der Waals surface area contributed by atoms with Crippen molar-refractivity contribution in [2.24, 2.45) is 0 Å². The Kier molecular flexibility index (Phi) is 8.81. The van der Waals surface area contributed by atoms with Crippen molar-refractivity contribution in [1.82, 2.24) is 0 Å². The van der Waals surface area contributed by atoms with Crippen molar-refractivity contribution in [3.63, 3.8) is 0 Å². The summed E-state index contributed by atoms with van der Waals surface area (Å²) in [4.78, 5) is 37.0. The number of ether oxygens (including phenoxy) is 3. The molecule has 0 saturated heterocycles. The number of rotatable bonds is 9. The van der Waals surface area contributed by atoms with Crippen LogP contribution in [0.2, 0.25) is 0 Å². The highest BCUT2D eigenvalue weighted by Crippen LogP contribution is 2.35. The van der Waals surface area contributed by atoms with Gasteiger partial charge in [-0.25, -0.2) is 9.59 Å². The van der Waals surface area contributed by atoms with E-state index < -0.39 is 54.7 Å². The van der Waals surface area contributed by atoms with Crippen LogP contribution in [0.1, 0.15) is 30.4 Å². The molecule has 0 amide bonds. The van der Waals surface area contributed by atoms with Crippen molar-refractivity contribution >= 4 is 24.0 Å². The number of aliphatic carboxylic acids is 1. The predicted octanol–water partition coefficient (Wildman–Crippen LogP) is 1.25. The molecule has 0 radical (unpaired) electrons. The standard InChI is InChI=1S/C26H28O12/c1-36-20-11-15(3-7-17(20)28)5-9-23(32)38-26(25(34)35)12-19(30)24(33)21(13-26)37-22(31)8-4-14-2-6-16(27)18(29)10-14/h2-3,5-7,9-11,19,21,24,27-30,33H,4,8,12-13H2,1H3,(H,34,35)/b9-5+/t19-,21-,24-,26+/m1/s1. The average molecular weight is 532 g/mol. The molecule has 204 valence electrons. The monoisotopic (exact) mass is 532 g/mol. The molecule has 1 saturated carbocycles. The van der Waals surface area contributed by atoms with Crippen LogP contribution in [0.25, 0.3) is 6.08 Å². The van der Waals surface area contributed by atoms with Crippen molar-refractivity contribution in [1.29, 1.82) is 0 Å². The van der Waals surface area contributed by atoms with E-state index in [0.717, 1.165) is 6.08 Å². The summed E-state index contributed by atoms with van der Waals surface area (Å²) in [5.74, 6) is -4.16. The number of carboxylic acids is 1. The third-order valence-corrected chi connectivity index (χ3v) is 6.09. The second kappa shape index (κ2) is 11.8. The number of hydrogen-bond donors (Lipinski definition) is 6. The number of aromatic hydroxyl groups is 3. The maximum absolute atomic E-state index is 12.5. The van der Waals surface area contributed by atoms with E-state index in [1.165, 1.54) is 49.6 Å². The Labute approximate surface area is 216 Å². The summed E-state index contributed by atoms with van der Waals surface area (Å²) in [5.41, 5.74) is -1.34. The van der Waals surface area contributed by atoms with Gasteiger partial charge in [-0.3, -0.25) is 4.79 Å². The Morgan fingerprint density at radius 1 is 1.00 bits per heavy atom. The summed E-state index contributed by atoms with van der Waals surface area (Å²) in [6.45, 7) is 0. The summed E-state index contributed by atoms with van der Waals surface area (Å²) in [5, 5.41) is 59.1. The summed E-state index contributed by atoms with van der Waals surface area (Å²) < 4.78 is 15.4. The zero-order chi connectivity index (χ0) is 28.0. The van der Waals surface area contributed by atoms with Crippen LogP contribution < -0.4 is 4.74 Å². The molecule has 1 aliphatic rings. The first kappa shape index (κ1) is 28.3. The van der Waals surface area contributed by atoms with Gasteiger partial charge < -0.3 is 44.8 Å². The van der Waals surface area contributed by atoms with Crippen LogP contribution in [-0.4, -0.2) is 79.6 Å². The molecular formula is C26H28O12. The molecule has 12 heteroatoms. The Hall–Kier alpha value is -4.29. The molecule has 3 rings (SSSR count). The number of carbonyl (C=O) groups excluding carboxylic acids is 2. The maximum atomic E-state index is 12.5. The second-order valence-corrected chi connectivity index (χ2v) is 8.80. The number of hydrogen-bond acceptors (Lipinski definition) is 11. The van der Waals surface area contributed by atoms with Gasteiger partial charge in [-0.15, -0.1) is 0 Å². The van der Waals surface area contributed by atoms with E-state index in [9.17, 15) is 45.0 Å². The number of phenols is 3. The van der Waals surface area contributed by atoms with Gasteiger partial charge >= 0.3 is 17.9 Å². The van der Waals surface area contributed by atoms with E-state index >= 15 is 0 Å². The minimum Gasteiger partial charge on any atom is -0.504 e. The number of aliphatic hydroxyl groups excluding tert-OH is 2. The summed E-state index contributed by atoms with van der Waals surface area (Å²) in [7, 11) is 1.34.